The monoisotopic (exact) mass is 370 g/mol. The molecule has 3 aromatic rings. The maximum absolute atomic E-state index is 14.7. The molecule has 8 heteroatoms. The summed E-state index contributed by atoms with van der Waals surface area (Å²) in [5.41, 5.74) is 1.23. The van der Waals surface area contributed by atoms with Gasteiger partial charge in [-0.1, -0.05) is 12.1 Å². The predicted molar refractivity (Wildman–Crippen MR) is 99.1 cm³/mol. The number of fused-ring (bicyclic) bond motifs is 1. The average Bonchev–Trinajstić information content (AvgIpc) is 3.11. The summed E-state index contributed by atoms with van der Waals surface area (Å²) in [6.07, 6.45) is 0. The third kappa shape index (κ3) is 3.31. The molecular weight excluding hydrogens is 351 g/mol. The Morgan fingerprint density at radius 1 is 1.30 bits per heavy atom. The van der Waals surface area contributed by atoms with Gasteiger partial charge in [0.15, 0.2) is 5.82 Å². The molecule has 27 heavy (non-hydrogen) atoms. The molecule has 2 heterocycles. The number of carbonyl (C=O) groups excluding carboxylic acids is 1. The van der Waals surface area contributed by atoms with E-state index >= 15 is 0 Å². The highest BCUT2D eigenvalue weighted by molar-refractivity contribution is 5.96. The van der Waals surface area contributed by atoms with Crippen molar-refractivity contribution < 1.29 is 18.7 Å². The van der Waals surface area contributed by atoms with Crippen LogP contribution in [-0.2, 0) is 4.74 Å². The van der Waals surface area contributed by atoms with Gasteiger partial charge in [-0.2, -0.15) is 5.10 Å². The Morgan fingerprint density at radius 2 is 2.07 bits per heavy atom. The molecular formula is C19H19FN4O3. The second-order valence-electron chi connectivity index (χ2n) is 6.18. The number of methoxy groups -OCH3 is 1. The minimum Gasteiger partial charge on any atom is -0.495 e. The Bertz CT molecular complexity index is 982. The summed E-state index contributed by atoms with van der Waals surface area (Å²) in [6, 6.07) is 10.3. The molecule has 1 amide bonds. The molecule has 0 unspecified atom stereocenters. The number of rotatable bonds is 4. The van der Waals surface area contributed by atoms with Gasteiger partial charge in [-0.3, -0.25) is 9.89 Å². The number of aromatic nitrogens is 2. The molecule has 0 bridgehead atoms. The van der Waals surface area contributed by atoms with Crippen LogP contribution in [-0.4, -0.2) is 54.4 Å². The summed E-state index contributed by atoms with van der Waals surface area (Å²) in [5.74, 6) is -0.0730. The van der Waals surface area contributed by atoms with Crippen molar-refractivity contribution in [1.29, 1.82) is 0 Å². The zero-order valence-corrected chi connectivity index (χ0v) is 14.8. The van der Waals surface area contributed by atoms with E-state index in [1.807, 2.05) is 24.3 Å². The molecule has 0 atom stereocenters. The summed E-state index contributed by atoms with van der Waals surface area (Å²) < 4.78 is 25.3. The molecule has 2 aromatic carbocycles. The van der Waals surface area contributed by atoms with Crippen LogP contribution >= 0.6 is 0 Å². The van der Waals surface area contributed by atoms with Gasteiger partial charge in [-0.05, 0) is 18.2 Å². The number of aromatic amines is 1. The van der Waals surface area contributed by atoms with Gasteiger partial charge in [-0.15, -0.1) is 0 Å². The Hall–Kier alpha value is -3.13. The third-order valence-corrected chi connectivity index (χ3v) is 4.54. The number of amides is 1. The SMILES string of the molecule is COc1cc(C(=O)N2CCOCC2)c(F)cc1Nc1n[nH]c2ccccc12. The lowest BCUT2D eigenvalue weighted by molar-refractivity contribution is 0.0299. The Labute approximate surface area is 155 Å². The molecule has 0 radical (unpaired) electrons. The molecule has 1 aliphatic rings. The van der Waals surface area contributed by atoms with Crippen molar-refractivity contribution in [1.82, 2.24) is 15.1 Å². The lowest BCUT2D eigenvalue weighted by Gasteiger charge is -2.27. The zero-order chi connectivity index (χ0) is 18.8. The quantitative estimate of drug-likeness (QED) is 0.738. The Balaban J connectivity index is 1.66. The van der Waals surface area contributed by atoms with Gasteiger partial charge in [0.1, 0.15) is 11.6 Å². The highest BCUT2D eigenvalue weighted by atomic mass is 19.1. The van der Waals surface area contributed by atoms with Crippen LogP contribution in [0, 0.1) is 5.82 Å². The predicted octanol–water partition coefficient (Wildman–Crippen LogP) is 2.93. The van der Waals surface area contributed by atoms with Crippen LogP contribution in [0.4, 0.5) is 15.9 Å². The molecule has 1 fully saturated rings. The van der Waals surface area contributed by atoms with E-state index in [2.05, 4.69) is 15.5 Å². The van der Waals surface area contributed by atoms with Gasteiger partial charge in [0, 0.05) is 24.5 Å². The highest BCUT2D eigenvalue weighted by Gasteiger charge is 2.23. The van der Waals surface area contributed by atoms with Crippen LogP contribution < -0.4 is 10.1 Å². The maximum Gasteiger partial charge on any atom is 0.257 e. The molecule has 140 valence electrons. The number of morpholine rings is 1. The van der Waals surface area contributed by atoms with Crippen LogP contribution in [0.25, 0.3) is 10.9 Å². The van der Waals surface area contributed by atoms with Crippen LogP contribution in [0.15, 0.2) is 36.4 Å². The number of halogens is 1. The van der Waals surface area contributed by atoms with Crippen LogP contribution in [0.3, 0.4) is 0 Å². The van der Waals surface area contributed by atoms with Crippen molar-refractivity contribution in [2.45, 2.75) is 0 Å². The number of H-pyrrole nitrogens is 1. The molecule has 0 saturated carbocycles. The fourth-order valence-electron chi connectivity index (χ4n) is 3.11. The molecule has 1 aliphatic heterocycles. The number of carbonyl (C=O) groups is 1. The van der Waals surface area contributed by atoms with Crippen molar-refractivity contribution in [3.05, 3.63) is 47.8 Å². The molecule has 2 N–H and O–H groups in total. The number of hydrogen-bond donors (Lipinski definition) is 2. The first kappa shape index (κ1) is 17.3. The number of anilines is 2. The van der Waals surface area contributed by atoms with E-state index in [0.717, 1.165) is 10.9 Å². The number of benzene rings is 2. The fourth-order valence-corrected chi connectivity index (χ4v) is 3.11. The van der Waals surface area contributed by atoms with Crippen molar-refractivity contribution in [3.63, 3.8) is 0 Å². The topological polar surface area (TPSA) is 79.5 Å². The molecule has 7 nitrogen and oxygen atoms in total. The van der Waals surface area contributed by atoms with Crippen molar-refractivity contribution in [2.24, 2.45) is 0 Å². The van der Waals surface area contributed by atoms with E-state index in [0.29, 0.717) is 43.6 Å². The largest absolute Gasteiger partial charge is 0.495 e. The third-order valence-electron chi connectivity index (χ3n) is 4.54. The summed E-state index contributed by atoms with van der Waals surface area (Å²) in [5, 5.41) is 11.1. The number of para-hydroxylation sites is 1. The normalized spacial score (nSPS) is 14.4. The molecule has 1 aromatic heterocycles. The van der Waals surface area contributed by atoms with Gasteiger partial charge in [0.2, 0.25) is 0 Å². The van der Waals surface area contributed by atoms with E-state index in [1.165, 1.54) is 19.2 Å². The van der Waals surface area contributed by atoms with Gasteiger partial charge < -0.3 is 19.7 Å². The maximum atomic E-state index is 14.7. The minimum absolute atomic E-state index is 0.0221. The van der Waals surface area contributed by atoms with E-state index in [4.69, 9.17) is 9.47 Å². The van der Waals surface area contributed by atoms with Gasteiger partial charge in [-0.25, -0.2) is 4.39 Å². The molecule has 4 rings (SSSR count). The van der Waals surface area contributed by atoms with Crippen molar-refractivity contribution >= 4 is 28.3 Å². The highest BCUT2D eigenvalue weighted by Crippen LogP contribution is 2.32. The lowest BCUT2D eigenvalue weighted by Crippen LogP contribution is -2.41. The number of hydrogen-bond acceptors (Lipinski definition) is 5. The summed E-state index contributed by atoms with van der Waals surface area (Å²) in [6.45, 7) is 1.80. The van der Waals surface area contributed by atoms with E-state index in [9.17, 15) is 9.18 Å². The standard InChI is InChI=1S/C19H19FN4O3/c1-26-17-10-13(19(25)24-6-8-27-9-7-24)14(20)11-16(17)21-18-12-4-2-3-5-15(12)22-23-18/h2-5,10-11H,6-9H2,1H3,(H2,21,22,23). The number of ether oxygens (including phenoxy) is 2. The van der Waals surface area contributed by atoms with Gasteiger partial charge in [0.25, 0.3) is 5.91 Å². The Kier molecular flexibility index (Phi) is 4.64. The zero-order valence-electron chi connectivity index (χ0n) is 14.8. The molecule has 0 spiro atoms. The minimum atomic E-state index is -0.616. The van der Waals surface area contributed by atoms with Gasteiger partial charge >= 0.3 is 0 Å². The number of nitrogens with zero attached hydrogens (tertiary/aromatic N) is 2. The lowest BCUT2D eigenvalue weighted by atomic mass is 10.1. The van der Waals surface area contributed by atoms with Crippen molar-refractivity contribution in [3.8, 4) is 5.75 Å². The van der Waals surface area contributed by atoms with Crippen LogP contribution in [0.1, 0.15) is 10.4 Å². The first-order valence-corrected chi connectivity index (χ1v) is 8.62. The second-order valence-corrected chi connectivity index (χ2v) is 6.18. The average molecular weight is 370 g/mol. The van der Waals surface area contributed by atoms with E-state index in [1.54, 1.807) is 4.90 Å². The molecule has 0 aliphatic carbocycles. The first-order chi connectivity index (χ1) is 13.2. The summed E-state index contributed by atoms with van der Waals surface area (Å²) in [4.78, 5) is 14.2. The summed E-state index contributed by atoms with van der Waals surface area (Å²) >= 11 is 0. The smallest absolute Gasteiger partial charge is 0.257 e. The van der Waals surface area contributed by atoms with Gasteiger partial charge in [0.05, 0.1) is 37.1 Å². The molecule has 1 saturated heterocycles. The first-order valence-electron chi connectivity index (χ1n) is 8.62. The fraction of sp³-hybridized carbons (Fsp3) is 0.263. The summed E-state index contributed by atoms with van der Waals surface area (Å²) in [7, 11) is 1.48. The van der Waals surface area contributed by atoms with Crippen molar-refractivity contribution in [2.75, 3.05) is 38.7 Å². The van der Waals surface area contributed by atoms with E-state index in [-0.39, 0.29) is 11.5 Å². The Morgan fingerprint density at radius 3 is 2.85 bits per heavy atom. The van der Waals surface area contributed by atoms with E-state index < -0.39 is 5.82 Å². The second kappa shape index (κ2) is 7.24. The van der Waals surface area contributed by atoms with Crippen LogP contribution in [0.2, 0.25) is 0 Å². The van der Waals surface area contributed by atoms with Crippen LogP contribution in [0.5, 0.6) is 5.75 Å². The number of nitrogens with one attached hydrogen (secondary N) is 2.